The van der Waals surface area contributed by atoms with Crippen molar-refractivity contribution in [1.29, 1.82) is 0 Å². The molecule has 1 N–H and O–H groups in total. The molecular formula is C16H16Cl2O6. The van der Waals surface area contributed by atoms with Gasteiger partial charge in [0, 0.05) is 5.56 Å². The Balaban J connectivity index is 2.83. The van der Waals surface area contributed by atoms with E-state index in [-0.39, 0.29) is 27.1 Å². The van der Waals surface area contributed by atoms with Gasteiger partial charge in [-0.25, -0.2) is 9.59 Å². The summed E-state index contributed by atoms with van der Waals surface area (Å²) in [5.41, 5.74) is 0.566. The summed E-state index contributed by atoms with van der Waals surface area (Å²) in [5, 5.41) is 8.60. The topological polar surface area (TPSA) is 89.9 Å². The normalized spacial score (nSPS) is 11.5. The Kier molecular flexibility index (Phi) is 7.25. The predicted molar refractivity (Wildman–Crippen MR) is 88.9 cm³/mol. The number of allylic oxidation sites excluding steroid dienone is 1. The maximum absolute atomic E-state index is 12.1. The second-order valence-corrected chi connectivity index (χ2v) is 5.54. The SMILES string of the molecule is C=C(CC)C(=O)c1ccc(OCC(=O)OC(C)C(=O)O)c(Cl)c1Cl. The molecule has 1 atom stereocenters. The molecule has 1 unspecified atom stereocenters. The second-order valence-electron chi connectivity index (χ2n) is 4.78. The van der Waals surface area contributed by atoms with Crippen molar-refractivity contribution < 1.29 is 29.0 Å². The van der Waals surface area contributed by atoms with Crippen molar-refractivity contribution in [2.45, 2.75) is 26.4 Å². The number of halogens is 2. The number of ether oxygens (including phenoxy) is 2. The van der Waals surface area contributed by atoms with E-state index in [4.69, 9.17) is 33.0 Å². The molecule has 0 aliphatic carbocycles. The Bertz CT molecular complexity index is 683. The number of esters is 1. The molecule has 0 aliphatic heterocycles. The lowest BCUT2D eigenvalue weighted by Crippen LogP contribution is -2.26. The number of carboxylic acid groups (broad SMARTS) is 1. The van der Waals surface area contributed by atoms with Crippen molar-refractivity contribution in [3.05, 3.63) is 39.9 Å². The Morgan fingerprint density at radius 3 is 2.42 bits per heavy atom. The lowest BCUT2D eigenvalue weighted by Gasteiger charge is -2.13. The molecule has 130 valence electrons. The van der Waals surface area contributed by atoms with Gasteiger partial charge in [0.1, 0.15) is 10.8 Å². The summed E-state index contributed by atoms with van der Waals surface area (Å²) in [7, 11) is 0. The van der Waals surface area contributed by atoms with Gasteiger partial charge in [0.05, 0.1) is 5.02 Å². The number of hydrogen-bond acceptors (Lipinski definition) is 5. The van der Waals surface area contributed by atoms with E-state index in [1.807, 2.05) is 0 Å². The highest BCUT2D eigenvalue weighted by Gasteiger charge is 2.20. The van der Waals surface area contributed by atoms with Gasteiger partial charge in [-0.15, -0.1) is 0 Å². The van der Waals surface area contributed by atoms with E-state index in [0.29, 0.717) is 12.0 Å². The molecule has 0 aliphatic rings. The van der Waals surface area contributed by atoms with E-state index in [9.17, 15) is 14.4 Å². The number of carbonyl (C=O) groups excluding carboxylic acids is 2. The average Bonchev–Trinajstić information content (AvgIpc) is 2.54. The maximum atomic E-state index is 12.1. The molecule has 1 aromatic carbocycles. The molecule has 0 aromatic heterocycles. The highest BCUT2D eigenvalue weighted by Crippen LogP contribution is 2.35. The van der Waals surface area contributed by atoms with Crippen LogP contribution in [0, 0.1) is 0 Å². The van der Waals surface area contributed by atoms with E-state index < -0.39 is 24.6 Å². The van der Waals surface area contributed by atoms with Crippen LogP contribution in [0.15, 0.2) is 24.3 Å². The summed E-state index contributed by atoms with van der Waals surface area (Å²) in [4.78, 5) is 34.2. The Morgan fingerprint density at radius 2 is 1.88 bits per heavy atom. The van der Waals surface area contributed by atoms with Gasteiger partial charge in [-0.05, 0) is 31.1 Å². The number of carbonyl (C=O) groups is 3. The summed E-state index contributed by atoms with van der Waals surface area (Å²) >= 11 is 12.1. The van der Waals surface area contributed by atoms with Crippen molar-refractivity contribution in [2.24, 2.45) is 0 Å². The van der Waals surface area contributed by atoms with Crippen molar-refractivity contribution in [2.75, 3.05) is 6.61 Å². The maximum Gasteiger partial charge on any atom is 0.345 e. The van der Waals surface area contributed by atoms with Crippen LogP contribution < -0.4 is 4.74 Å². The smallest absolute Gasteiger partial charge is 0.345 e. The standard InChI is InChI=1S/C16H16Cl2O6/c1-4-8(2)15(20)10-5-6-11(14(18)13(10)17)23-7-12(19)24-9(3)16(21)22/h5-6,9H,2,4,7H2,1,3H3,(H,21,22). The zero-order valence-electron chi connectivity index (χ0n) is 13.1. The van der Waals surface area contributed by atoms with E-state index in [0.717, 1.165) is 0 Å². The average molecular weight is 375 g/mol. The fourth-order valence-corrected chi connectivity index (χ4v) is 2.05. The minimum atomic E-state index is -1.29. The van der Waals surface area contributed by atoms with Crippen molar-refractivity contribution in [3.8, 4) is 5.75 Å². The van der Waals surface area contributed by atoms with Gasteiger partial charge in [0.15, 0.2) is 18.5 Å². The number of carboxylic acids is 1. The van der Waals surface area contributed by atoms with Crippen LogP contribution >= 0.6 is 23.2 Å². The molecule has 0 saturated heterocycles. The first-order valence-electron chi connectivity index (χ1n) is 6.94. The molecule has 8 heteroatoms. The van der Waals surface area contributed by atoms with Crippen LogP contribution in [0.5, 0.6) is 5.75 Å². The molecule has 6 nitrogen and oxygen atoms in total. The minimum absolute atomic E-state index is 0.0129. The quantitative estimate of drug-likeness (QED) is 0.425. The van der Waals surface area contributed by atoms with Gasteiger partial charge in [-0.3, -0.25) is 4.79 Å². The van der Waals surface area contributed by atoms with E-state index in [1.165, 1.54) is 19.1 Å². The number of Topliss-reactive ketones (excluding diaryl/α,β-unsaturated/α-hetero) is 1. The molecule has 24 heavy (non-hydrogen) atoms. The number of hydrogen-bond donors (Lipinski definition) is 1. The van der Waals surface area contributed by atoms with Crippen LogP contribution in [0.4, 0.5) is 0 Å². The summed E-state index contributed by atoms with van der Waals surface area (Å²) in [6, 6.07) is 2.80. The second kappa shape index (κ2) is 8.70. The third-order valence-corrected chi connectivity index (χ3v) is 3.91. The van der Waals surface area contributed by atoms with Gasteiger partial charge >= 0.3 is 11.9 Å². The van der Waals surface area contributed by atoms with Crippen LogP contribution in [0.3, 0.4) is 0 Å². The van der Waals surface area contributed by atoms with Crippen LogP contribution in [0.1, 0.15) is 30.6 Å². The van der Waals surface area contributed by atoms with Gasteiger partial charge < -0.3 is 14.6 Å². The lowest BCUT2D eigenvalue weighted by molar-refractivity contribution is -0.163. The molecule has 0 spiro atoms. The van der Waals surface area contributed by atoms with Crippen molar-refractivity contribution in [3.63, 3.8) is 0 Å². The van der Waals surface area contributed by atoms with E-state index in [2.05, 4.69) is 11.3 Å². The molecule has 0 bridgehead atoms. The number of rotatable bonds is 8. The zero-order chi connectivity index (χ0) is 18.4. The summed E-state index contributed by atoms with van der Waals surface area (Å²) in [6.07, 6.45) is -0.821. The monoisotopic (exact) mass is 374 g/mol. The van der Waals surface area contributed by atoms with Gasteiger partial charge in [0.2, 0.25) is 0 Å². The highest BCUT2D eigenvalue weighted by atomic mass is 35.5. The fraction of sp³-hybridized carbons (Fsp3) is 0.312. The summed E-state index contributed by atoms with van der Waals surface area (Å²) in [5.74, 6) is -2.41. The summed E-state index contributed by atoms with van der Waals surface area (Å²) < 4.78 is 9.77. The third kappa shape index (κ3) is 4.97. The summed E-state index contributed by atoms with van der Waals surface area (Å²) in [6.45, 7) is 6.10. The molecule has 1 rings (SSSR count). The van der Waals surface area contributed by atoms with E-state index >= 15 is 0 Å². The first-order chi connectivity index (χ1) is 11.2. The largest absolute Gasteiger partial charge is 0.480 e. The van der Waals surface area contributed by atoms with Crippen LogP contribution in [0.25, 0.3) is 0 Å². The molecule has 0 fully saturated rings. The van der Waals surface area contributed by atoms with Crippen molar-refractivity contribution >= 4 is 40.9 Å². The molecule has 0 saturated carbocycles. The highest BCUT2D eigenvalue weighted by molar-refractivity contribution is 6.45. The first-order valence-corrected chi connectivity index (χ1v) is 7.70. The molecule has 0 radical (unpaired) electrons. The number of aliphatic carboxylic acids is 1. The van der Waals surface area contributed by atoms with Gasteiger partial charge in [-0.2, -0.15) is 0 Å². The predicted octanol–water partition coefficient (Wildman–Crippen LogP) is 3.54. The first kappa shape index (κ1) is 20.0. The van der Waals surface area contributed by atoms with Crippen molar-refractivity contribution in [1.82, 2.24) is 0 Å². The number of ketones is 1. The van der Waals surface area contributed by atoms with Gasteiger partial charge in [0.25, 0.3) is 0 Å². The lowest BCUT2D eigenvalue weighted by atomic mass is 10.0. The molecular weight excluding hydrogens is 359 g/mol. The molecule has 1 aromatic rings. The van der Waals surface area contributed by atoms with E-state index in [1.54, 1.807) is 6.92 Å². The zero-order valence-corrected chi connectivity index (χ0v) is 14.6. The van der Waals surface area contributed by atoms with Gasteiger partial charge in [-0.1, -0.05) is 36.7 Å². The molecule has 0 amide bonds. The van der Waals surface area contributed by atoms with Crippen LogP contribution in [0.2, 0.25) is 10.0 Å². The Hall–Kier alpha value is -2.05. The number of benzene rings is 1. The third-order valence-electron chi connectivity index (χ3n) is 3.04. The Morgan fingerprint density at radius 1 is 1.25 bits per heavy atom. The Labute approximate surface area is 149 Å². The molecule has 0 heterocycles. The minimum Gasteiger partial charge on any atom is -0.480 e. The van der Waals surface area contributed by atoms with Crippen LogP contribution in [-0.2, 0) is 14.3 Å². The fourth-order valence-electron chi connectivity index (χ4n) is 1.59. The van der Waals surface area contributed by atoms with Crippen LogP contribution in [-0.4, -0.2) is 35.5 Å².